The SMILES string of the molecule is Cc1ccc(-c2nnc(NC(=O)C(C)NC(=O)c3ccc4c(c3)OCO4)s2)cc1. The smallest absolute Gasteiger partial charge is 0.252 e. The first kappa shape index (κ1) is 18.9. The summed E-state index contributed by atoms with van der Waals surface area (Å²) in [5.41, 5.74) is 2.46. The molecule has 1 aliphatic heterocycles. The number of amides is 2. The maximum Gasteiger partial charge on any atom is 0.252 e. The van der Waals surface area contributed by atoms with Crippen LogP contribution < -0.4 is 20.1 Å². The van der Waals surface area contributed by atoms with Gasteiger partial charge < -0.3 is 14.8 Å². The van der Waals surface area contributed by atoms with Crippen LogP contribution in [0.1, 0.15) is 22.8 Å². The van der Waals surface area contributed by atoms with E-state index >= 15 is 0 Å². The summed E-state index contributed by atoms with van der Waals surface area (Å²) in [7, 11) is 0. The van der Waals surface area contributed by atoms with E-state index in [2.05, 4.69) is 20.8 Å². The number of ether oxygens (including phenoxy) is 2. The molecule has 0 saturated heterocycles. The predicted molar refractivity (Wildman–Crippen MR) is 108 cm³/mol. The van der Waals surface area contributed by atoms with Crippen LogP contribution in [-0.4, -0.2) is 34.8 Å². The van der Waals surface area contributed by atoms with Crippen molar-refractivity contribution in [3.63, 3.8) is 0 Å². The standard InChI is InChI=1S/C20H18N4O4S/c1-11-3-5-13(6-4-11)19-23-24-20(29-19)22-17(25)12(2)21-18(26)14-7-8-15-16(9-14)28-10-27-15/h3-9,12H,10H2,1-2H3,(H,21,26)(H,22,24,25). The summed E-state index contributed by atoms with van der Waals surface area (Å²) in [5, 5.41) is 14.5. The van der Waals surface area contributed by atoms with Crippen LogP contribution in [0.5, 0.6) is 11.5 Å². The van der Waals surface area contributed by atoms with Crippen LogP contribution in [0.15, 0.2) is 42.5 Å². The number of fused-ring (bicyclic) bond motifs is 1. The number of nitrogens with one attached hydrogen (secondary N) is 2. The first-order valence-corrected chi connectivity index (χ1v) is 9.73. The summed E-state index contributed by atoms with van der Waals surface area (Å²) in [6, 6.07) is 12.0. The van der Waals surface area contributed by atoms with E-state index in [0.717, 1.165) is 11.1 Å². The summed E-state index contributed by atoms with van der Waals surface area (Å²) in [6.07, 6.45) is 0. The molecule has 4 rings (SSSR count). The Bertz CT molecular complexity index is 1060. The molecule has 2 heterocycles. The molecule has 9 heteroatoms. The summed E-state index contributed by atoms with van der Waals surface area (Å²) in [4.78, 5) is 24.8. The topological polar surface area (TPSA) is 102 Å². The molecule has 0 bridgehead atoms. The molecule has 8 nitrogen and oxygen atoms in total. The number of aryl methyl sites for hydroxylation is 1. The maximum atomic E-state index is 12.4. The van der Waals surface area contributed by atoms with Gasteiger partial charge in [-0.3, -0.25) is 14.9 Å². The lowest BCUT2D eigenvalue weighted by Crippen LogP contribution is -2.41. The second-order valence-electron chi connectivity index (χ2n) is 6.53. The molecule has 1 unspecified atom stereocenters. The van der Waals surface area contributed by atoms with Crippen molar-refractivity contribution < 1.29 is 19.1 Å². The fourth-order valence-corrected chi connectivity index (χ4v) is 3.44. The van der Waals surface area contributed by atoms with Crippen molar-refractivity contribution in [2.45, 2.75) is 19.9 Å². The lowest BCUT2D eigenvalue weighted by Gasteiger charge is -2.13. The molecule has 0 radical (unpaired) electrons. The second-order valence-corrected chi connectivity index (χ2v) is 7.51. The molecule has 1 aliphatic rings. The van der Waals surface area contributed by atoms with Crippen LogP contribution in [0.3, 0.4) is 0 Å². The Balaban J connectivity index is 1.37. The quantitative estimate of drug-likeness (QED) is 0.670. The van der Waals surface area contributed by atoms with Crippen molar-refractivity contribution in [2.24, 2.45) is 0 Å². The van der Waals surface area contributed by atoms with Gasteiger partial charge in [0.1, 0.15) is 11.0 Å². The van der Waals surface area contributed by atoms with Gasteiger partial charge in [-0.05, 0) is 32.0 Å². The maximum absolute atomic E-state index is 12.4. The lowest BCUT2D eigenvalue weighted by molar-refractivity contribution is -0.117. The van der Waals surface area contributed by atoms with Gasteiger partial charge in [-0.25, -0.2) is 0 Å². The van der Waals surface area contributed by atoms with Crippen molar-refractivity contribution in [2.75, 3.05) is 12.1 Å². The third kappa shape index (κ3) is 4.19. The second kappa shape index (κ2) is 7.88. The number of rotatable bonds is 5. The highest BCUT2D eigenvalue weighted by Crippen LogP contribution is 2.32. The summed E-state index contributed by atoms with van der Waals surface area (Å²) in [5.74, 6) is 0.328. The minimum Gasteiger partial charge on any atom is -0.454 e. The number of nitrogens with zero attached hydrogens (tertiary/aromatic N) is 2. The minimum atomic E-state index is -0.764. The lowest BCUT2D eigenvalue weighted by atomic mass is 10.1. The van der Waals surface area contributed by atoms with E-state index in [1.165, 1.54) is 11.3 Å². The molecule has 148 valence electrons. The molecule has 0 spiro atoms. The Hall–Kier alpha value is -3.46. The molecule has 2 N–H and O–H groups in total. The van der Waals surface area contributed by atoms with Crippen molar-refractivity contribution in [3.8, 4) is 22.1 Å². The first-order valence-electron chi connectivity index (χ1n) is 8.91. The van der Waals surface area contributed by atoms with Crippen LogP contribution in [0, 0.1) is 6.92 Å². The van der Waals surface area contributed by atoms with Crippen molar-refractivity contribution >= 4 is 28.3 Å². The normalized spacial score (nSPS) is 13.0. The van der Waals surface area contributed by atoms with Gasteiger partial charge in [-0.1, -0.05) is 41.2 Å². The molecule has 2 aromatic carbocycles. The summed E-state index contributed by atoms with van der Waals surface area (Å²) in [6.45, 7) is 3.74. The van der Waals surface area contributed by atoms with Gasteiger partial charge in [-0.2, -0.15) is 0 Å². The number of aromatic nitrogens is 2. The molecular formula is C20H18N4O4S. The number of carbonyl (C=O) groups excluding carboxylic acids is 2. The Kier molecular flexibility index (Phi) is 5.13. The van der Waals surface area contributed by atoms with Crippen LogP contribution in [0.4, 0.5) is 5.13 Å². The minimum absolute atomic E-state index is 0.131. The van der Waals surface area contributed by atoms with Gasteiger partial charge in [0.15, 0.2) is 11.5 Å². The number of anilines is 1. The van der Waals surface area contributed by atoms with E-state index in [1.54, 1.807) is 25.1 Å². The van der Waals surface area contributed by atoms with Crippen LogP contribution >= 0.6 is 11.3 Å². The van der Waals surface area contributed by atoms with E-state index < -0.39 is 6.04 Å². The summed E-state index contributed by atoms with van der Waals surface area (Å²) >= 11 is 1.27. The zero-order chi connectivity index (χ0) is 20.4. The summed E-state index contributed by atoms with van der Waals surface area (Å²) < 4.78 is 10.5. The zero-order valence-corrected chi connectivity index (χ0v) is 16.6. The highest BCUT2D eigenvalue weighted by atomic mass is 32.1. The number of hydrogen-bond acceptors (Lipinski definition) is 7. The Labute approximate surface area is 170 Å². The van der Waals surface area contributed by atoms with E-state index in [4.69, 9.17) is 9.47 Å². The molecule has 2 amide bonds. The fourth-order valence-electron chi connectivity index (χ4n) is 2.68. The Morgan fingerprint density at radius 3 is 2.62 bits per heavy atom. The molecular weight excluding hydrogens is 392 g/mol. The molecule has 0 fully saturated rings. The highest BCUT2D eigenvalue weighted by Gasteiger charge is 2.21. The Morgan fingerprint density at radius 1 is 1.07 bits per heavy atom. The molecule has 1 aromatic heterocycles. The average Bonchev–Trinajstić information content (AvgIpc) is 3.37. The van der Waals surface area contributed by atoms with Crippen molar-refractivity contribution in [3.05, 3.63) is 53.6 Å². The predicted octanol–water partition coefficient (Wildman–Crippen LogP) is 3.00. The van der Waals surface area contributed by atoms with E-state index in [-0.39, 0.29) is 18.6 Å². The van der Waals surface area contributed by atoms with Gasteiger partial charge >= 0.3 is 0 Å². The third-order valence-corrected chi connectivity index (χ3v) is 5.22. The largest absolute Gasteiger partial charge is 0.454 e. The van der Waals surface area contributed by atoms with Gasteiger partial charge in [0.2, 0.25) is 17.8 Å². The van der Waals surface area contributed by atoms with Crippen LogP contribution in [-0.2, 0) is 4.79 Å². The molecule has 0 aliphatic carbocycles. The van der Waals surface area contributed by atoms with E-state index in [0.29, 0.717) is 27.2 Å². The molecule has 1 atom stereocenters. The monoisotopic (exact) mass is 410 g/mol. The van der Waals surface area contributed by atoms with Crippen LogP contribution in [0.25, 0.3) is 10.6 Å². The molecule has 3 aromatic rings. The third-order valence-electron chi connectivity index (χ3n) is 4.33. The van der Waals surface area contributed by atoms with Crippen molar-refractivity contribution in [1.82, 2.24) is 15.5 Å². The highest BCUT2D eigenvalue weighted by molar-refractivity contribution is 7.18. The molecule has 0 saturated carbocycles. The van der Waals surface area contributed by atoms with Gasteiger partial charge in [0.25, 0.3) is 5.91 Å². The van der Waals surface area contributed by atoms with Gasteiger partial charge in [0, 0.05) is 11.1 Å². The zero-order valence-electron chi connectivity index (χ0n) is 15.8. The van der Waals surface area contributed by atoms with E-state index in [1.807, 2.05) is 31.2 Å². The number of hydrogen-bond donors (Lipinski definition) is 2. The number of benzene rings is 2. The average molecular weight is 410 g/mol. The Morgan fingerprint density at radius 2 is 1.83 bits per heavy atom. The molecule has 29 heavy (non-hydrogen) atoms. The van der Waals surface area contributed by atoms with E-state index in [9.17, 15) is 9.59 Å². The van der Waals surface area contributed by atoms with Gasteiger partial charge in [-0.15, -0.1) is 10.2 Å². The first-order chi connectivity index (χ1) is 14.0. The van der Waals surface area contributed by atoms with Crippen molar-refractivity contribution in [1.29, 1.82) is 0 Å². The number of carbonyl (C=O) groups is 2. The fraction of sp³-hybridized carbons (Fsp3) is 0.200. The van der Waals surface area contributed by atoms with Crippen LogP contribution in [0.2, 0.25) is 0 Å². The van der Waals surface area contributed by atoms with Gasteiger partial charge in [0.05, 0.1) is 0 Å².